The van der Waals surface area contributed by atoms with Crippen LogP contribution in [0, 0.1) is 5.92 Å². The zero-order valence-electron chi connectivity index (χ0n) is 15.1. The number of anilines is 2. The predicted octanol–water partition coefficient (Wildman–Crippen LogP) is 2.06. The normalized spacial score (nSPS) is 16.7. The molecule has 3 rings (SSSR count). The van der Waals surface area contributed by atoms with Crippen molar-refractivity contribution in [2.75, 3.05) is 23.3 Å². The summed E-state index contributed by atoms with van der Waals surface area (Å²) in [7, 11) is 0. The molecular weight excluding hydrogens is 344 g/mol. The molecule has 2 heterocycles. The highest BCUT2D eigenvalue weighted by molar-refractivity contribution is 5.90. The second kappa shape index (κ2) is 8.53. The van der Waals surface area contributed by atoms with Gasteiger partial charge in [0.25, 0.3) is 0 Å². The van der Waals surface area contributed by atoms with Crippen molar-refractivity contribution in [3.05, 3.63) is 48.2 Å². The number of rotatable bonds is 6. The first kappa shape index (κ1) is 18.7. The lowest BCUT2D eigenvalue weighted by atomic mass is 9.97. The number of primary amides is 1. The molecule has 1 aliphatic rings. The van der Waals surface area contributed by atoms with Crippen LogP contribution in [0.1, 0.15) is 24.8 Å². The maximum Gasteiger partial charge on any atom is 0.224 e. The first-order valence-corrected chi connectivity index (χ1v) is 9.10. The molecule has 4 N–H and O–H groups in total. The van der Waals surface area contributed by atoms with E-state index < -0.39 is 0 Å². The molecular formula is C20H24N4O3. The molecule has 142 valence electrons. The van der Waals surface area contributed by atoms with Crippen molar-refractivity contribution in [1.29, 1.82) is 0 Å². The van der Waals surface area contributed by atoms with Crippen molar-refractivity contribution in [3.8, 4) is 5.75 Å². The van der Waals surface area contributed by atoms with E-state index in [0.29, 0.717) is 18.7 Å². The van der Waals surface area contributed by atoms with Crippen LogP contribution in [0.25, 0.3) is 0 Å². The number of phenolic OH excluding ortho intramolecular Hbond substituents is 1. The average Bonchev–Trinajstić information content (AvgIpc) is 2.68. The summed E-state index contributed by atoms with van der Waals surface area (Å²) in [6, 6.07) is 10.6. The lowest BCUT2D eigenvalue weighted by Crippen LogP contribution is -2.41. The lowest BCUT2D eigenvalue weighted by Gasteiger charge is -2.32. The van der Waals surface area contributed by atoms with Gasteiger partial charge in [0.05, 0.1) is 17.8 Å². The van der Waals surface area contributed by atoms with Crippen LogP contribution in [0.3, 0.4) is 0 Å². The number of hydrogen-bond acceptors (Lipinski definition) is 5. The van der Waals surface area contributed by atoms with Crippen molar-refractivity contribution in [3.63, 3.8) is 0 Å². The third-order valence-electron chi connectivity index (χ3n) is 4.79. The molecule has 2 aromatic rings. The smallest absolute Gasteiger partial charge is 0.224 e. The van der Waals surface area contributed by atoms with E-state index >= 15 is 0 Å². The van der Waals surface area contributed by atoms with Gasteiger partial charge in [-0.3, -0.25) is 9.59 Å². The second-order valence-electron chi connectivity index (χ2n) is 6.77. The number of piperidine rings is 1. The minimum atomic E-state index is -0.270. The average molecular weight is 368 g/mol. The van der Waals surface area contributed by atoms with Crippen LogP contribution < -0.4 is 16.0 Å². The third kappa shape index (κ3) is 4.97. The van der Waals surface area contributed by atoms with Gasteiger partial charge in [-0.1, -0.05) is 18.2 Å². The second-order valence-corrected chi connectivity index (χ2v) is 6.77. The number of carbonyl (C=O) groups is 2. The number of hydrogen-bond donors (Lipinski definition) is 3. The molecule has 1 unspecified atom stereocenters. The summed E-state index contributed by atoms with van der Waals surface area (Å²) in [5.74, 6) is 0.419. The van der Waals surface area contributed by atoms with Gasteiger partial charge < -0.3 is 21.1 Å². The van der Waals surface area contributed by atoms with Gasteiger partial charge in [-0.2, -0.15) is 0 Å². The number of aryl methyl sites for hydroxylation is 1. The highest BCUT2D eigenvalue weighted by Gasteiger charge is 2.24. The van der Waals surface area contributed by atoms with Crippen molar-refractivity contribution in [1.82, 2.24) is 4.98 Å². The molecule has 27 heavy (non-hydrogen) atoms. The summed E-state index contributed by atoms with van der Waals surface area (Å²) >= 11 is 0. The SMILES string of the molecule is NC(=O)C1CCCN(c2ccc(NC(=O)CCc3ccccc3O)cn2)C1. The van der Waals surface area contributed by atoms with E-state index in [-0.39, 0.29) is 29.9 Å². The van der Waals surface area contributed by atoms with Crippen molar-refractivity contribution in [2.45, 2.75) is 25.7 Å². The van der Waals surface area contributed by atoms with Gasteiger partial charge in [-0.05, 0) is 43.0 Å². The van der Waals surface area contributed by atoms with Crippen LogP contribution in [0.2, 0.25) is 0 Å². The molecule has 7 heteroatoms. The van der Waals surface area contributed by atoms with Gasteiger partial charge in [-0.15, -0.1) is 0 Å². The Hall–Kier alpha value is -3.09. The summed E-state index contributed by atoms with van der Waals surface area (Å²) in [6.07, 6.45) is 4.07. The Morgan fingerprint density at radius 3 is 2.78 bits per heavy atom. The van der Waals surface area contributed by atoms with Gasteiger partial charge in [0.1, 0.15) is 11.6 Å². The van der Waals surface area contributed by atoms with E-state index in [0.717, 1.165) is 30.8 Å². The quantitative estimate of drug-likeness (QED) is 0.723. The number of aromatic hydroxyl groups is 1. The van der Waals surface area contributed by atoms with E-state index in [1.165, 1.54) is 0 Å². The summed E-state index contributed by atoms with van der Waals surface area (Å²) < 4.78 is 0. The summed E-state index contributed by atoms with van der Waals surface area (Å²) in [5.41, 5.74) is 6.78. The number of nitrogens with two attached hydrogens (primary N) is 1. The fraction of sp³-hybridized carbons (Fsp3) is 0.350. The maximum atomic E-state index is 12.1. The molecule has 0 radical (unpaired) electrons. The Morgan fingerprint density at radius 1 is 1.26 bits per heavy atom. The van der Waals surface area contributed by atoms with Crippen LogP contribution in [-0.2, 0) is 16.0 Å². The highest BCUT2D eigenvalue weighted by Crippen LogP contribution is 2.22. The van der Waals surface area contributed by atoms with Gasteiger partial charge in [0, 0.05) is 19.5 Å². The molecule has 0 spiro atoms. The topological polar surface area (TPSA) is 109 Å². The third-order valence-corrected chi connectivity index (χ3v) is 4.79. The zero-order valence-corrected chi connectivity index (χ0v) is 15.1. The van der Waals surface area contributed by atoms with Crippen LogP contribution in [0.4, 0.5) is 11.5 Å². The number of amides is 2. The van der Waals surface area contributed by atoms with Gasteiger partial charge in [0.2, 0.25) is 11.8 Å². The number of benzene rings is 1. The molecule has 0 aliphatic carbocycles. The van der Waals surface area contributed by atoms with E-state index in [4.69, 9.17) is 5.73 Å². The first-order chi connectivity index (χ1) is 13.0. The molecule has 1 fully saturated rings. The number of nitrogens with zero attached hydrogens (tertiary/aromatic N) is 2. The molecule has 1 aromatic carbocycles. The molecule has 1 aliphatic heterocycles. The largest absolute Gasteiger partial charge is 0.508 e. The first-order valence-electron chi connectivity index (χ1n) is 9.10. The van der Waals surface area contributed by atoms with Gasteiger partial charge >= 0.3 is 0 Å². The van der Waals surface area contributed by atoms with E-state index in [1.54, 1.807) is 30.5 Å². The highest BCUT2D eigenvalue weighted by atomic mass is 16.3. The minimum Gasteiger partial charge on any atom is -0.508 e. The number of carbonyl (C=O) groups excluding carboxylic acids is 2. The van der Waals surface area contributed by atoms with E-state index in [1.807, 2.05) is 17.0 Å². The monoisotopic (exact) mass is 368 g/mol. The maximum absolute atomic E-state index is 12.1. The van der Waals surface area contributed by atoms with Crippen molar-refractivity contribution in [2.24, 2.45) is 11.7 Å². The fourth-order valence-corrected chi connectivity index (χ4v) is 3.26. The van der Waals surface area contributed by atoms with E-state index in [9.17, 15) is 14.7 Å². The Labute approximate surface area is 158 Å². The lowest BCUT2D eigenvalue weighted by molar-refractivity contribution is -0.122. The molecule has 0 bridgehead atoms. The number of para-hydroxylation sites is 1. The predicted molar refractivity (Wildman–Crippen MR) is 103 cm³/mol. The molecule has 1 aromatic heterocycles. The summed E-state index contributed by atoms with van der Waals surface area (Å²) in [6.45, 7) is 1.41. The standard InChI is InChI=1S/C20H24N4O3/c21-20(27)15-5-3-11-24(13-15)18-9-8-16(12-22-18)23-19(26)10-7-14-4-1-2-6-17(14)25/h1-2,4,6,8-9,12,15,25H,3,5,7,10-11,13H2,(H2,21,27)(H,23,26). The Bertz CT molecular complexity index is 807. The van der Waals surface area contributed by atoms with Crippen LogP contribution >= 0.6 is 0 Å². The van der Waals surface area contributed by atoms with Crippen LogP contribution in [0.5, 0.6) is 5.75 Å². The molecule has 1 atom stereocenters. The van der Waals surface area contributed by atoms with Crippen molar-refractivity contribution < 1.29 is 14.7 Å². The Balaban J connectivity index is 1.53. The minimum absolute atomic E-state index is 0.139. The van der Waals surface area contributed by atoms with Gasteiger partial charge in [-0.25, -0.2) is 4.98 Å². The number of nitrogens with one attached hydrogen (secondary N) is 1. The Kier molecular flexibility index (Phi) is 5.90. The fourth-order valence-electron chi connectivity index (χ4n) is 3.26. The molecule has 2 amide bonds. The van der Waals surface area contributed by atoms with E-state index in [2.05, 4.69) is 10.3 Å². The molecule has 7 nitrogen and oxygen atoms in total. The molecule has 1 saturated heterocycles. The molecule has 0 saturated carbocycles. The summed E-state index contributed by atoms with van der Waals surface area (Å²) in [5, 5.41) is 12.6. The van der Waals surface area contributed by atoms with Gasteiger partial charge in [0.15, 0.2) is 0 Å². The summed E-state index contributed by atoms with van der Waals surface area (Å²) in [4.78, 5) is 30.0. The van der Waals surface area contributed by atoms with Crippen LogP contribution in [-0.4, -0.2) is 35.0 Å². The Morgan fingerprint density at radius 2 is 2.07 bits per heavy atom. The zero-order chi connectivity index (χ0) is 19.2. The van der Waals surface area contributed by atoms with Crippen LogP contribution in [0.15, 0.2) is 42.6 Å². The number of phenols is 1. The van der Waals surface area contributed by atoms with Crippen molar-refractivity contribution >= 4 is 23.3 Å². The number of aromatic nitrogens is 1. The number of pyridine rings is 1.